The number of hydrogen-bond donors (Lipinski definition) is 2. The number of halogens is 4. The number of fused-ring (bicyclic) bond motifs is 1. The van der Waals surface area contributed by atoms with Crippen LogP contribution in [0.15, 0.2) is 6.07 Å². The molecular weight excluding hydrogens is 587 g/mol. The number of carbonyl (C=O) groups excluding carboxylic acids is 2. The summed E-state index contributed by atoms with van der Waals surface area (Å²) in [5.41, 5.74) is 0.577. The largest absolute Gasteiger partial charge is 0.448 e. The van der Waals surface area contributed by atoms with E-state index < -0.39 is 29.9 Å². The van der Waals surface area contributed by atoms with Gasteiger partial charge in [-0.1, -0.05) is 23.2 Å². The number of ether oxygens (including phenoxy) is 3. The zero-order chi connectivity index (χ0) is 28.8. The van der Waals surface area contributed by atoms with Gasteiger partial charge in [0.2, 0.25) is 5.91 Å². The maximum Gasteiger partial charge on any atom is 0.345 e. The molecule has 2 saturated heterocycles. The molecule has 4 unspecified atom stereocenters. The second kappa shape index (κ2) is 12.0. The van der Waals surface area contributed by atoms with E-state index in [1.165, 1.54) is 0 Å². The molecule has 13 heteroatoms. The monoisotopic (exact) mass is 621 g/mol. The lowest BCUT2D eigenvalue weighted by atomic mass is 9.80. The number of benzene rings is 1. The van der Waals surface area contributed by atoms with Crippen LogP contribution in [0.5, 0.6) is 11.5 Å². The van der Waals surface area contributed by atoms with Crippen LogP contribution in [0, 0.1) is 18.8 Å². The summed E-state index contributed by atoms with van der Waals surface area (Å²) in [6, 6.07) is 1.91. The van der Waals surface area contributed by atoms with Crippen molar-refractivity contribution in [2.45, 2.75) is 81.2 Å². The van der Waals surface area contributed by atoms with Gasteiger partial charge < -0.3 is 24.8 Å². The lowest BCUT2D eigenvalue weighted by molar-refractivity contribution is -0.203. The topological polar surface area (TPSA) is 89.1 Å². The number of nitrogens with one attached hydrogen (secondary N) is 2. The van der Waals surface area contributed by atoms with Crippen LogP contribution < -0.4 is 20.1 Å². The number of rotatable bonds is 8. The van der Waals surface area contributed by atoms with E-state index in [0.29, 0.717) is 48.2 Å². The first-order valence-electron chi connectivity index (χ1n) is 13.6. The van der Waals surface area contributed by atoms with E-state index in [1.807, 2.05) is 13.2 Å². The number of carbonyl (C=O) groups is 2. The van der Waals surface area contributed by atoms with Crippen LogP contribution in [-0.4, -0.2) is 77.9 Å². The standard InChI is InChI=1S/C27H35Cl2F2N3O5S/c1-13-17(24(35)32-10-18-20(40-3)9-21(29)33-25(18)36)8-19(28)23-22(13)38-27(2,39-23)14-4-6-15(7-5-14)34-11-16(12-34)37-26(30)31/h8,14-16,18,20-21,26H,4-7,9-12H2,1-3H3,(H,32,35)(H,33,36). The number of thioether (sulfide) groups is 1. The van der Waals surface area contributed by atoms with Crippen LogP contribution in [0.4, 0.5) is 8.78 Å². The molecule has 3 heterocycles. The van der Waals surface area contributed by atoms with Crippen LogP contribution in [0.2, 0.25) is 5.02 Å². The molecule has 8 nitrogen and oxygen atoms in total. The van der Waals surface area contributed by atoms with Gasteiger partial charge in [-0.2, -0.15) is 20.5 Å². The Morgan fingerprint density at radius 1 is 1.27 bits per heavy atom. The van der Waals surface area contributed by atoms with E-state index in [2.05, 4.69) is 20.3 Å². The van der Waals surface area contributed by atoms with Crippen molar-refractivity contribution in [3.05, 3.63) is 22.2 Å². The number of amides is 2. The van der Waals surface area contributed by atoms with Gasteiger partial charge in [-0.25, -0.2) is 0 Å². The predicted octanol–water partition coefficient (Wildman–Crippen LogP) is 4.78. The molecule has 4 atom stereocenters. The normalized spacial score (nSPS) is 32.6. The molecular formula is C27H35Cl2F2N3O5S. The molecule has 4 aliphatic rings. The fourth-order valence-electron chi connectivity index (χ4n) is 6.35. The van der Waals surface area contributed by atoms with Gasteiger partial charge in [0.1, 0.15) is 5.50 Å². The molecule has 5 rings (SSSR count). The molecule has 40 heavy (non-hydrogen) atoms. The van der Waals surface area contributed by atoms with Crippen molar-refractivity contribution in [1.29, 1.82) is 0 Å². The third kappa shape index (κ3) is 6.00. The van der Waals surface area contributed by atoms with Gasteiger partial charge in [0.05, 0.1) is 17.0 Å². The molecule has 3 aliphatic heterocycles. The fraction of sp³-hybridized carbons (Fsp3) is 0.704. The molecule has 0 bridgehead atoms. The Labute approximate surface area is 247 Å². The molecule has 0 aromatic heterocycles. The highest BCUT2D eigenvalue weighted by molar-refractivity contribution is 7.99. The summed E-state index contributed by atoms with van der Waals surface area (Å²) >= 11 is 14.3. The van der Waals surface area contributed by atoms with Gasteiger partial charge in [0, 0.05) is 54.9 Å². The highest BCUT2D eigenvalue weighted by Crippen LogP contribution is 2.52. The average Bonchev–Trinajstić information content (AvgIpc) is 3.26. The van der Waals surface area contributed by atoms with Gasteiger partial charge in [-0.3, -0.25) is 14.5 Å². The number of alkyl halides is 3. The number of piperidine rings is 1. The van der Waals surface area contributed by atoms with Gasteiger partial charge in [0.15, 0.2) is 11.5 Å². The fourth-order valence-corrected chi connectivity index (χ4v) is 7.92. The summed E-state index contributed by atoms with van der Waals surface area (Å²) < 4.78 is 42.2. The van der Waals surface area contributed by atoms with Crippen molar-refractivity contribution in [1.82, 2.24) is 15.5 Å². The van der Waals surface area contributed by atoms with Crippen molar-refractivity contribution in [3.63, 3.8) is 0 Å². The van der Waals surface area contributed by atoms with Crippen molar-refractivity contribution >= 4 is 46.8 Å². The van der Waals surface area contributed by atoms with Crippen molar-refractivity contribution in [2.24, 2.45) is 11.8 Å². The molecule has 0 radical (unpaired) electrons. The molecule has 1 saturated carbocycles. The lowest BCUT2D eigenvalue weighted by Gasteiger charge is -2.47. The van der Waals surface area contributed by atoms with E-state index in [9.17, 15) is 18.4 Å². The van der Waals surface area contributed by atoms with Crippen molar-refractivity contribution in [2.75, 3.05) is 25.9 Å². The maximum atomic E-state index is 13.2. The first-order chi connectivity index (χ1) is 19.0. The molecule has 1 aromatic carbocycles. The summed E-state index contributed by atoms with van der Waals surface area (Å²) in [5.74, 6) is -0.863. The summed E-state index contributed by atoms with van der Waals surface area (Å²) in [6.45, 7) is 2.22. The molecule has 1 aromatic rings. The van der Waals surface area contributed by atoms with Crippen LogP contribution in [0.3, 0.4) is 0 Å². The summed E-state index contributed by atoms with van der Waals surface area (Å²) in [6.07, 6.45) is 5.66. The van der Waals surface area contributed by atoms with Crippen LogP contribution >= 0.6 is 35.0 Å². The lowest BCUT2D eigenvalue weighted by Crippen LogP contribution is -2.58. The molecule has 2 amide bonds. The van der Waals surface area contributed by atoms with E-state index in [-0.39, 0.29) is 34.5 Å². The predicted molar refractivity (Wildman–Crippen MR) is 150 cm³/mol. The SMILES string of the molecule is CSC1CC(Cl)NC(=O)C1CNC(=O)c1cc(Cl)c2c(c1C)OC(C)(C1CCC(N3CC(OC(F)F)C3)CC1)O2. The van der Waals surface area contributed by atoms with E-state index in [4.69, 9.17) is 32.7 Å². The molecule has 2 N–H and O–H groups in total. The summed E-state index contributed by atoms with van der Waals surface area (Å²) in [4.78, 5) is 27.9. The molecule has 222 valence electrons. The summed E-state index contributed by atoms with van der Waals surface area (Å²) in [5, 5.41) is 5.93. The first kappa shape index (κ1) is 29.9. The summed E-state index contributed by atoms with van der Waals surface area (Å²) in [7, 11) is 0. The second-order valence-corrected chi connectivity index (χ2v) is 13.2. The maximum absolute atomic E-state index is 13.2. The van der Waals surface area contributed by atoms with E-state index in [0.717, 1.165) is 25.7 Å². The van der Waals surface area contributed by atoms with Gasteiger partial charge in [-0.15, -0.1) is 0 Å². The van der Waals surface area contributed by atoms with Crippen LogP contribution in [-0.2, 0) is 9.53 Å². The minimum absolute atomic E-state index is 0.00211. The smallest absolute Gasteiger partial charge is 0.345 e. The Bertz CT molecular complexity index is 1140. The molecule has 3 fully saturated rings. The quantitative estimate of drug-likeness (QED) is 0.319. The highest BCUT2D eigenvalue weighted by Gasteiger charge is 2.48. The zero-order valence-electron chi connectivity index (χ0n) is 22.7. The van der Waals surface area contributed by atoms with Crippen molar-refractivity contribution in [3.8, 4) is 11.5 Å². The molecule has 1 aliphatic carbocycles. The van der Waals surface area contributed by atoms with Gasteiger partial charge in [-0.05, 0) is 51.3 Å². The molecule has 0 spiro atoms. The van der Waals surface area contributed by atoms with E-state index in [1.54, 1.807) is 24.8 Å². The highest BCUT2D eigenvalue weighted by atomic mass is 35.5. The Hall–Kier alpha value is -1.53. The van der Waals surface area contributed by atoms with Gasteiger partial charge in [0.25, 0.3) is 11.7 Å². The Balaban J connectivity index is 1.20. The Morgan fingerprint density at radius 3 is 2.60 bits per heavy atom. The second-order valence-electron chi connectivity index (χ2n) is 11.2. The minimum atomic E-state index is -2.73. The van der Waals surface area contributed by atoms with Crippen molar-refractivity contribution < 1.29 is 32.6 Å². The average molecular weight is 623 g/mol. The third-order valence-electron chi connectivity index (χ3n) is 8.73. The first-order valence-corrected chi connectivity index (χ1v) is 15.7. The zero-order valence-corrected chi connectivity index (χ0v) is 25.0. The third-order valence-corrected chi connectivity index (χ3v) is 10.4. The van der Waals surface area contributed by atoms with Crippen LogP contribution in [0.25, 0.3) is 0 Å². The Morgan fingerprint density at radius 2 is 1.95 bits per heavy atom. The van der Waals surface area contributed by atoms with Crippen LogP contribution in [0.1, 0.15) is 54.9 Å². The number of hydrogen-bond acceptors (Lipinski definition) is 7. The van der Waals surface area contributed by atoms with Gasteiger partial charge >= 0.3 is 6.61 Å². The number of likely N-dealkylation sites (tertiary alicyclic amines) is 1. The minimum Gasteiger partial charge on any atom is -0.448 e. The number of nitrogens with zero attached hydrogens (tertiary/aromatic N) is 1. The Kier molecular flexibility index (Phi) is 8.98. The van der Waals surface area contributed by atoms with E-state index >= 15 is 0 Å².